The van der Waals surface area contributed by atoms with Crippen molar-refractivity contribution in [3.63, 3.8) is 0 Å². The van der Waals surface area contributed by atoms with Crippen LogP contribution in [0.1, 0.15) is 9.80 Å². The van der Waals surface area contributed by atoms with E-state index in [1.54, 1.807) is 12.5 Å². The fourth-order valence-electron chi connectivity index (χ4n) is 1.39. The maximum Gasteiger partial charge on any atom is 0.277 e. The fraction of sp³-hybridized carbons (Fsp3) is 0.0909. The molecule has 2 rings (SSSR count). The third-order valence-electron chi connectivity index (χ3n) is 2.15. The van der Waals surface area contributed by atoms with Gasteiger partial charge in [0.15, 0.2) is 5.01 Å². The molecule has 0 fully saturated rings. The Labute approximate surface area is 111 Å². The molecule has 0 saturated carbocycles. The number of hydrogen-bond donors (Lipinski definition) is 1. The van der Waals surface area contributed by atoms with Gasteiger partial charge < -0.3 is 10.5 Å². The number of nitrogens with two attached hydrogens (primary N) is 1. The fourth-order valence-corrected chi connectivity index (χ4v) is 2.42. The third-order valence-corrected chi connectivity index (χ3v) is 3.50. The first-order valence-corrected chi connectivity index (χ1v) is 6.38. The molecular weight excluding hydrogens is 304 g/mol. The second-order valence-corrected chi connectivity index (χ2v) is 5.02. The predicted octanol–water partition coefficient (Wildman–Crippen LogP) is 2.68. The third kappa shape index (κ3) is 2.48. The lowest BCUT2D eigenvalue weighted by Gasteiger charge is -2.06. The van der Waals surface area contributed by atoms with Crippen molar-refractivity contribution in [1.82, 2.24) is 4.98 Å². The van der Waals surface area contributed by atoms with Crippen LogP contribution in [0.3, 0.4) is 0 Å². The number of halogens is 1. The van der Waals surface area contributed by atoms with Crippen LogP contribution in [0.2, 0.25) is 0 Å². The van der Waals surface area contributed by atoms with Gasteiger partial charge in [-0.2, -0.15) is 0 Å². The van der Waals surface area contributed by atoms with Gasteiger partial charge in [0.25, 0.3) is 5.91 Å². The molecule has 2 aromatic rings. The second-order valence-electron chi connectivity index (χ2n) is 3.25. The van der Waals surface area contributed by atoms with Crippen LogP contribution in [0, 0.1) is 0 Å². The Kier molecular flexibility index (Phi) is 3.44. The summed E-state index contributed by atoms with van der Waals surface area (Å²) in [5.74, 6) is 0.185. The van der Waals surface area contributed by atoms with E-state index < -0.39 is 5.91 Å². The van der Waals surface area contributed by atoms with E-state index in [4.69, 9.17) is 10.5 Å². The van der Waals surface area contributed by atoms with Crippen LogP contribution in [-0.2, 0) is 0 Å². The Morgan fingerprint density at radius 1 is 1.53 bits per heavy atom. The van der Waals surface area contributed by atoms with Crippen molar-refractivity contribution in [2.24, 2.45) is 5.73 Å². The zero-order valence-electron chi connectivity index (χ0n) is 8.94. The molecule has 0 aliphatic carbocycles. The van der Waals surface area contributed by atoms with Crippen LogP contribution >= 0.6 is 27.3 Å². The SMILES string of the molecule is COc1ccc(Br)cc1-c1csc(C(N)=O)n1. The molecule has 6 heteroatoms. The molecule has 1 amide bonds. The van der Waals surface area contributed by atoms with Crippen LogP contribution in [0.25, 0.3) is 11.3 Å². The number of thiazole rings is 1. The van der Waals surface area contributed by atoms with Crippen LogP contribution < -0.4 is 10.5 Å². The molecule has 1 heterocycles. The van der Waals surface area contributed by atoms with E-state index in [9.17, 15) is 4.79 Å². The van der Waals surface area contributed by atoms with Crippen molar-refractivity contribution in [2.45, 2.75) is 0 Å². The summed E-state index contributed by atoms with van der Waals surface area (Å²) in [6.45, 7) is 0. The van der Waals surface area contributed by atoms with Gasteiger partial charge in [0.05, 0.1) is 12.8 Å². The summed E-state index contributed by atoms with van der Waals surface area (Å²) in [4.78, 5) is 15.2. The molecule has 2 N–H and O–H groups in total. The number of carbonyl (C=O) groups is 1. The van der Waals surface area contributed by atoms with Crippen LogP contribution in [0.15, 0.2) is 28.1 Å². The van der Waals surface area contributed by atoms with Gasteiger partial charge in [0, 0.05) is 15.4 Å². The Hall–Kier alpha value is -1.40. The van der Waals surface area contributed by atoms with Crippen molar-refractivity contribution in [1.29, 1.82) is 0 Å². The van der Waals surface area contributed by atoms with Gasteiger partial charge in [0.1, 0.15) is 5.75 Å². The Morgan fingerprint density at radius 3 is 2.88 bits per heavy atom. The molecule has 1 aromatic carbocycles. The minimum absolute atomic E-state index is 0.294. The Bertz CT molecular complexity index is 568. The smallest absolute Gasteiger partial charge is 0.277 e. The van der Waals surface area contributed by atoms with E-state index >= 15 is 0 Å². The number of aromatic nitrogens is 1. The summed E-state index contributed by atoms with van der Waals surface area (Å²) < 4.78 is 6.17. The standard InChI is InChI=1S/C11H9BrN2O2S/c1-16-9-3-2-6(12)4-7(9)8-5-17-11(14-8)10(13)15/h2-5H,1H3,(H2,13,15). The molecular formula is C11H9BrN2O2S. The average molecular weight is 313 g/mol. The quantitative estimate of drug-likeness (QED) is 0.947. The number of methoxy groups -OCH3 is 1. The van der Waals surface area contributed by atoms with Gasteiger partial charge in [-0.05, 0) is 18.2 Å². The maximum absolute atomic E-state index is 11.0. The van der Waals surface area contributed by atoms with Gasteiger partial charge >= 0.3 is 0 Å². The van der Waals surface area contributed by atoms with Gasteiger partial charge in [0.2, 0.25) is 0 Å². The largest absolute Gasteiger partial charge is 0.496 e. The number of benzene rings is 1. The van der Waals surface area contributed by atoms with E-state index in [0.29, 0.717) is 16.5 Å². The van der Waals surface area contributed by atoms with E-state index in [1.807, 2.05) is 18.2 Å². The lowest BCUT2D eigenvalue weighted by atomic mass is 10.1. The zero-order valence-corrected chi connectivity index (χ0v) is 11.3. The Morgan fingerprint density at radius 2 is 2.29 bits per heavy atom. The highest BCUT2D eigenvalue weighted by Crippen LogP contribution is 2.33. The molecule has 4 nitrogen and oxygen atoms in total. The lowest BCUT2D eigenvalue weighted by Crippen LogP contribution is -2.10. The molecule has 0 unspecified atom stereocenters. The predicted molar refractivity (Wildman–Crippen MR) is 70.3 cm³/mol. The minimum atomic E-state index is -0.518. The summed E-state index contributed by atoms with van der Waals surface area (Å²) in [6, 6.07) is 5.60. The number of rotatable bonds is 3. The summed E-state index contributed by atoms with van der Waals surface area (Å²) in [6.07, 6.45) is 0. The zero-order chi connectivity index (χ0) is 12.4. The average Bonchev–Trinajstić information content (AvgIpc) is 2.78. The van der Waals surface area contributed by atoms with Gasteiger partial charge in [-0.1, -0.05) is 15.9 Å². The van der Waals surface area contributed by atoms with Crippen molar-refractivity contribution in [3.05, 3.63) is 33.1 Å². The summed E-state index contributed by atoms with van der Waals surface area (Å²) in [5.41, 5.74) is 6.68. The molecule has 17 heavy (non-hydrogen) atoms. The summed E-state index contributed by atoms with van der Waals surface area (Å²) in [7, 11) is 1.59. The van der Waals surface area contributed by atoms with Crippen molar-refractivity contribution in [2.75, 3.05) is 7.11 Å². The van der Waals surface area contributed by atoms with E-state index in [2.05, 4.69) is 20.9 Å². The second kappa shape index (κ2) is 4.85. The van der Waals surface area contributed by atoms with Gasteiger partial charge in [-0.25, -0.2) is 4.98 Å². The van der Waals surface area contributed by atoms with Crippen LogP contribution in [0.4, 0.5) is 0 Å². The molecule has 0 bridgehead atoms. The lowest BCUT2D eigenvalue weighted by molar-refractivity contribution is 0.1000. The highest BCUT2D eigenvalue weighted by molar-refractivity contribution is 9.10. The van der Waals surface area contributed by atoms with Crippen LogP contribution in [0.5, 0.6) is 5.75 Å². The first kappa shape index (κ1) is 12.1. The van der Waals surface area contributed by atoms with Crippen molar-refractivity contribution in [3.8, 4) is 17.0 Å². The number of nitrogens with zero attached hydrogens (tertiary/aromatic N) is 1. The number of amides is 1. The highest BCUT2D eigenvalue weighted by atomic mass is 79.9. The molecule has 0 aliphatic heterocycles. The molecule has 1 aromatic heterocycles. The van der Waals surface area contributed by atoms with Crippen molar-refractivity contribution < 1.29 is 9.53 Å². The van der Waals surface area contributed by atoms with Crippen LogP contribution in [-0.4, -0.2) is 18.0 Å². The van der Waals surface area contributed by atoms with Gasteiger partial charge in [-0.15, -0.1) is 11.3 Å². The molecule has 0 saturated heterocycles. The van der Waals surface area contributed by atoms with Crippen molar-refractivity contribution >= 4 is 33.2 Å². The molecule has 0 radical (unpaired) electrons. The van der Waals surface area contributed by atoms with E-state index in [1.165, 1.54) is 11.3 Å². The monoisotopic (exact) mass is 312 g/mol. The first-order valence-electron chi connectivity index (χ1n) is 4.71. The highest BCUT2D eigenvalue weighted by Gasteiger charge is 2.12. The summed E-state index contributed by atoms with van der Waals surface area (Å²) in [5, 5.41) is 2.08. The number of primary amides is 1. The van der Waals surface area contributed by atoms with E-state index in [-0.39, 0.29) is 0 Å². The number of carbonyl (C=O) groups excluding carboxylic acids is 1. The normalized spacial score (nSPS) is 10.2. The number of ether oxygens (including phenoxy) is 1. The molecule has 0 spiro atoms. The maximum atomic E-state index is 11.0. The van der Waals surface area contributed by atoms with Gasteiger partial charge in [-0.3, -0.25) is 4.79 Å². The number of hydrogen-bond acceptors (Lipinski definition) is 4. The Balaban J connectivity index is 2.51. The molecule has 0 atom stereocenters. The van der Waals surface area contributed by atoms with E-state index in [0.717, 1.165) is 10.0 Å². The minimum Gasteiger partial charge on any atom is -0.496 e. The summed E-state index contributed by atoms with van der Waals surface area (Å²) >= 11 is 4.61. The topological polar surface area (TPSA) is 65.2 Å². The first-order chi connectivity index (χ1) is 8.11. The molecule has 88 valence electrons. The molecule has 0 aliphatic rings.